The molecular weight excluding hydrogens is 465 g/mol. The number of unbranched alkanes of at least 4 members (excludes halogenated alkanes) is 1. The van der Waals surface area contributed by atoms with Crippen LogP contribution in [0.4, 0.5) is 5.82 Å². The molecule has 1 aromatic carbocycles. The van der Waals surface area contributed by atoms with E-state index in [9.17, 15) is 0 Å². The summed E-state index contributed by atoms with van der Waals surface area (Å²) in [5, 5.41) is 1.20. The number of fused-ring (bicyclic) bond motifs is 1. The van der Waals surface area contributed by atoms with Crippen LogP contribution in [0.1, 0.15) is 19.8 Å². The first-order valence-corrected chi connectivity index (χ1v) is 11.5. The van der Waals surface area contributed by atoms with Gasteiger partial charge in [0.1, 0.15) is 0 Å². The van der Waals surface area contributed by atoms with Crippen molar-refractivity contribution in [2.24, 2.45) is 10.9 Å². The number of hydrogen-bond donors (Lipinski definition) is 0. The van der Waals surface area contributed by atoms with Crippen LogP contribution >= 0.6 is 0 Å². The third kappa shape index (κ3) is 3.27. The fourth-order valence-electron chi connectivity index (χ4n) is 4.25. The molecule has 1 aliphatic carbocycles. The van der Waals surface area contributed by atoms with Gasteiger partial charge in [-0.25, -0.2) is 0 Å². The van der Waals surface area contributed by atoms with Crippen molar-refractivity contribution in [3.05, 3.63) is 66.5 Å². The van der Waals surface area contributed by atoms with Crippen LogP contribution in [0, 0.1) is 5.92 Å². The van der Waals surface area contributed by atoms with Crippen LogP contribution in [0.5, 0.6) is 5.75 Å². The summed E-state index contributed by atoms with van der Waals surface area (Å²) < 4.78 is 14.0. The molecule has 2 aromatic rings. The van der Waals surface area contributed by atoms with E-state index in [1.807, 2.05) is 18.2 Å². The normalized spacial score (nSPS) is 21.4. The summed E-state index contributed by atoms with van der Waals surface area (Å²) >= 11 is 0.742. The number of hydrogen-bond acceptors (Lipinski definition) is 4. The van der Waals surface area contributed by atoms with E-state index in [4.69, 9.17) is 12.6 Å². The molecular formula is C23H23InN3O2+. The van der Waals surface area contributed by atoms with Crippen LogP contribution in [-0.4, -0.2) is 43.2 Å². The van der Waals surface area contributed by atoms with Gasteiger partial charge in [-0.15, -0.1) is 0 Å². The molecule has 6 heteroatoms. The molecule has 0 N–H and O–H groups in total. The Hall–Kier alpha value is -2.21. The number of ether oxygens (including phenoxy) is 1. The molecule has 29 heavy (non-hydrogen) atoms. The Labute approximate surface area is 186 Å². The van der Waals surface area contributed by atoms with Crippen molar-refractivity contribution in [1.29, 1.82) is 0 Å². The van der Waals surface area contributed by atoms with Gasteiger partial charge in [-0.05, 0) is 0 Å². The Balaban J connectivity index is 1.59. The molecule has 0 amide bonds. The number of nitrogens with zero attached hydrogens (tertiary/aromatic N) is 3. The van der Waals surface area contributed by atoms with Crippen molar-refractivity contribution >= 4 is 47.4 Å². The second-order valence-corrected chi connectivity index (χ2v) is 8.21. The number of aromatic nitrogens is 1. The van der Waals surface area contributed by atoms with E-state index in [0.717, 1.165) is 72.9 Å². The quantitative estimate of drug-likeness (QED) is 0.605. The molecule has 1 aromatic heterocycles. The zero-order valence-electron chi connectivity index (χ0n) is 16.5. The average Bonchev–Trinajstić information content (AvgIpc) is 3.20. The molecule has 5 nitrogen and oxygen atoms in total. The average molecular weight is 488 g/mol. The third-order valence-corrected chi connectivity index (χ3v) is 6.53. The first-order chi connectivity index (χ1) is 14.3. The van der Waals surface area contributed by atoms with Crippen LogP contribution in [0.25, 0.3) is 10.9 Å². The third-order valence-electron chi connectivity index (χ3n) is 5.75. The topological polar surface area (TPSA) is 37.9 Å². The van der Waals surface area contributed by atoms with Gasteiger partial charge < -0.3 is 0 Å². The van der Waals surface area contributed by atoms with Crippen molar-refractivity contribution < 1.29 is 12.2 Å². The van der Waals surface area contributed by atoms with Gasteiger partial charge in [0.05, 0.1) is 0 Å². The first kappa shape index (κ1) is 18.8. The van der Waals surface area contributed by atoms with Gasteiger partial charge in [-0.3, -0.25) is 0 Å². The van der Waals surface area contributed by atoms with E-state index >= 15 is 0 Å². The SMILES string of the molecule is CCCCN(C1=NC2C([O][In])=CC=CC2C=C1)c1ccc2cccc3c2[n+]1CO3. The minimum absolute atomic E-state index is 0.0325. The van der Waals surface area contributed by atoms with Crippen LogP contribution in [0.15, 0.2) is 71.5 Å². The van der Waals surface area contributed by atoms with Crippen molar-refractivity contribution in [1.82, 2.24) is 0 Å². The molecule has 0 saturated carbocycles. The minimum atomic E-state index is 0.0325. The summed E-state index contributed by atoms with van der Waals surface area (Å²) in [6, 6.07) is 10.6. The van der Waals surface area contributed by atoms with Gasteiger partial charge in [0.2, 0.25) is 0 Å². The summed E-state index contributed by atoms with van der Waals surface area (Å²) in [4.78, 5) is 7.47. The van der Waals surface area contributed by atoms with Crippen molar-refractivity contribution in [3.63, 3.8) is 0 Å². The van der Waals surface area contributed by atoms with Crippen molar-refractivity contribution in [3.8, 4) is 5.75 Å². The summed E-state index contributed by atoms with van der Waals surface area (Å²) in [6.45, 7) is 3.68. The number of amidine groups is 1. The van der Waals surface area contributed by atoms with E-state index in [-0.39, 0.29) is 12.0 Å². The number of allylic oxidation sites excluding steroid dienone is 2. The van der Waals surface area contributed by atoms with Crippen molar-refractivity contribution in [2.75, 3.05) is 11.4 Å². The van der Waals surface area contributed by atoms with E-state index in [0.29, 0.717) is 6.73 Å². The van der Waals surface area contributed by atoms with E-state index in [2.05, 4.69) is 58.9 Å². The molecule has 5 rings (SSSR count). The van der Waals surface area contributed by atoms with E-state index in [1.54, 1.807) is 0 Å². The molecule has 144 valence electrons. The molecule has 2 atom stereocenters. The van der Waals surface area contributed by atoms with Crippen LogP contribution < -0.4 is 14.2 Å². The summed E-state index contributed by atoms with van der Waals surface area (Å²) in [5.41, 5.74) is 1.16. The van der Waals surface area contributed by atoms with Crippen LogP contribution in [-0.2, 0) is 9.59 Å². The maximum atomic E-state index is 5.96. The Morgan fingerprint density at radius 1 is 1.28 bits per heavy atom. The van der Waals surface area contributed by atoms with Gasteiger partial charge in [-0.2, -0.15) is 0 Å². The molecule has 2 aliphatic heterocycles. The molecule has 0 fully saturated rings. The van der Waals surface area contributed by atoms with E-state index in [1.165, 1.54) is 5.39 Å². The Morgan fingerprint density at radius 2 is 2.21 bits per heavy atom. The second-order valence-electron chi connectivity index (χ2n) is 7.53. The second kappa shape index (κ2) is 7.90. The Kier molecular flexibility index (Phi) is 5.12. The number of dihydropyridines is 1. The summed E-state index contributed by atoms with van der Waals surface area (Å²) in [5.74, 6) is 4.31. The number of para-hydroxylation sites is 1. The number of aliphatic imine (C=N–C) groups is 1. The molecule has 0 spiro atoms. The Bertz CT molecular complexity index is 1070. The molecule has 3 heterocycles. The fraction of sp³-hybridized carbons (Fsp3) is 0.304. The molecule has 0 saturated heterocycles. The first-order valence-electron chi connectivity index (χ1n) is 10.2. The van der Waals surface area contributed by atoms with Crippen molar-refractivity contribution in [2.45, 2.75) is 32.5 Å². The fourth-order valence-corrected chi connectivity index (χ4v) is 4.88. The Morgan fingerprint density at radius 3 is 3.07 bits per heavy atom. The predicted molar refractivity (Wildman–Crippen MR) is 115 cm³/mol. The van der Waals surface area contributed by atoms with Crippen LogP contribution in [0.2, 0.25) is 0 Å². The molecule has 0 bridgehead atoms. The maximum absolute atomic E-state index is 5.96. The monoisotopic (exact) mass is 488 g/mol. The number of benzene rings is 1. The van der Waals surface area contributed by atoms with Gasteiger partial charge in [-0.1, -0.05) is 0 Å². The summed E-state index contributed by atoms with van der Waals surface area (Å²) in [7, 11) is 0. The number of anilines is 1. The zero-order chi connectivity index (χ0) is 19.8. The molecule has 2 unspecified atom stereocenters. The van der Waals surface area contributed by atoms with Gasteiger partial charge in [0, 0.05) is 0 Å². The molecule has 2 radical (unpaired) electrons. The van der Waals surface area contributed by atoms with Gasteiger partial charge in [0.15, 0.2) is 0 Å². The number of rotatable bonds is 5. The molecule has 3 aliphatic rings. The number of pyridine rings is 1. The van der Waals surface area contributed by atoms with Gasteiger partial charge >= 0.3 is 187 Å². The van der Waals surface area contributed by atoms with E-state index < -0.39 is 0 Å². The van der Waals surface area contributed by atoms with Crippen LogP contribution in [0.3, 0.4) is 0 Å². The zero-order valence-corrected chi connectivity index (χ0v) is 19.8. The van der Waals surface area contributed by atoms with Gasteiger partial charge in [0.25, 0.3) is 0 Å². The predicted octanol–water partition coefficient (Wildman–Crippen LogP) is 3.59. The summed E-state index contributed by atoms with van der Waals surface area (Å²) in [6.07, 6.45) is 13.0. The standard InChI is InChI=1S/C23H23N3O2.In/c1-2-3-14-25(20-12-10-16-6-4-8-18(27)22(16)24-20)21-13-11-17-7-5-9-19-23(17)26(21)15-28-19;/h4-13,16,22H,2-3,14-15H2,1H3;/q;+1.